The Morgan fingerprint density at radius 1 is 0.253 bits per heavy atom. The van der Waals surface area contributed by atoms with E-state index in [-0.39, 0.29) is 37.5 Å². The van der Waals surface area contributed by atoms with Gasteiger partial charge in [0, 0.05) is 19.3 Å². The fraction of sp³-hybridized carbons (Fsp3) is 0.701. The van der Waals surface area contributed by atoms with E-state index in [1.54, 1.807) is 0 Å². The van der Waals surface area contributed by atoms with E-state index in [2.05, 4.69) is 142 Å². The fourth-order valence-corrected chi connectivity index (χ4v) is 9.69. The molecule has 0 radical (unpaired) electrons. The van der Waals surface area contributed by atoms with Gasteiger partial charge in [-0.1, -0.05) is 303 Å². The van der Waals surface area contributed by atoms with E-state index in [4.69, 9.17) is 14.2 Å². The predicted octanol–water partition coefficient (Wildman–Crippen LogP) is 24.3. The summed E-state index contributed by atoms with van der Waals surface area (Å²) in [6.07, 6.45) is 97.9. The highest BCUT2D eigenvalue weighted by Gasteiger charge is 2.19. The molecule has 1 unspecified atom stereocenters. The van der Waals surface area contributed by atoms with Crippen LogP contribution in [0.5, 0.6) is 0 Å². The molecule has 0 bridgehead atoms. The summed E-state index contributed by atoms with van der Waals surface area (Å²) in [4.78, 5) is 38.5. The van der Waals surface area contributed by atoms with Crippen molar-refractivity contribution in [2.75, 3.05) is 13.2 Å². The smallest absolute Gasteiger partial charge is 0.306 e. The highest BCUT2D eigenvalue weighted by atomic mass is 16.6. The van der Waals surface area contributed by atoms with Crippen LogP contribution in [0.4, 0.5) is 0 Å². The molecule has 0 aliphatic carbocycles. The number of rotatable bonds is 63. The zero-order valence-electron chi connectivity index (χ0n) is 54.4. The second kappa shape index (κ2) is 70.3. The SMILES string of the molecule is CC/C=C\C/C=C\C/C=C\C/C=C\C/C=C\C/C=C\C/C=C\CCCC(=O)OCC(COC(=O)CCCCCCCCCCC/C=C\CCCCCCCCCC)OC(=O)CCCCCCCCCCC/C=C\C/C=C\CCCCCCC. The Morgan fingerprint density at radius 3 is 0.795 bits per heavy atom. The van der Waals surface area contributed by atoms with E-state index >= 15 is 0 Å². The molecule has 474 valence electrons. The minimum atomic E-state index is -0.810. The molecule has 0 rings (SSSR count). The standard InChI is InChI=1S/C77H130O6/c1-4-7-10-13-16-19-22-25-28-31-34-37-38-41-43-46-49-52-55-58-61-64-67-70-76(79)82-73-74(83-77(80)71-68-65-62-59-56-53-50-47-44-40-36-33-30-27-24-21-18-15-12-9-6-3)72-81-75(78)69-66-63-60-57-54-51-48-45-42-39-35-32-29-26-23-20-17-14-11-8-5-2/h7,10,16,19,24-25,27-28,32-37,41,43,49,52,58,61,74H,4-6,8-9,11-15,17-18,20-23,26,29-31,38-40,42,44-48,50-51,53-57,59-60,62-73H2,1-3H3/b10-7-,19-16-,27-24-,28-25-,35-32-,36-33-,37-34-,43-41-,52-49-,61-58-. The van der Waals surface area contributed by atoms with Crippen LogP contribution < -0.4 is 0 Å². The third kappa shape index (κ3) is 68.5. The Bertz CT molecular complexity index is 1700. The molecule has 0 aromatic carbocycles. The molecular formula is C77H130O6. The van der Waals surface area contributed by atoms with Gasteiger partial charge in [-0.3, -0.25) is 14.4 Å². The van der Waals surface area contributed by atoms with E-state index in [1.807, 2.05) is 0 Å². The van der Waals surface area contributed by atoms with Crippen molar-refractivity contribution in [2.24, 2.45) is 0 Å². The average Bonchev–Trinajstić information content (AvgIpc) is 3.49. The largest absolute Gasteiger partial charge is 0.462 e. The number of carbonyl (C=O) groups excluding carboxylic acids is 3. The molecular weight excluding hydrogens is 1020 g/mol. The lowest BCUT2D eigenvalue weighted by Crippen LogP contribution is -2.30. The van der Waals surface area contributed by atoms with Gasteiger partial charge >= 0.3 is 17.9 Å². The maximum atomic E-state index is 13.0. The Kier molecular flexibility index (Phi) is 66.7. The summed E-state index contributed by atoms with van der Waals surface area (Å²) in [7, 11) is 0. The fourth-order valence-electron chi connectivity index (χ4n) is 9.69. The Balaban J connectivity index is 4.49. The summed E-state index contributed by atoms with van der Waals surface area (Å²) in [6, 6.07) is 0. The lowest BCUT2D eigenvalue weighted by atomic mass is 10.1. The number of hydrogen-bond donors (Lipinski definition) is 0. The van der Waals surface area contributed by atoms with Crippen molar-refractivity contribution in [1.29, 1.82) is 0 Å². The molecule has 6 nitrogen and oxygen atoms in total. The summed E-state index contributed by atoms with van der Waals surface area (Å²) in [5.74, 6) is -0.958. The molecule has 0 heterocycles. The highest BCUT2D eigenvalue weighted by Crippen LogP contribution is 2.16. The minimum absolute atomic E-state index is 0.100. The lowest BCUT2D eigenvalue weighted by Gasteiger charge is -2.18. The molecule has 6 heteroatoms. The molecule has 0 aliphatic rings. The van der Waals surface area contributed by atoms with Crippen molar-refractivity contribution < 1.29 is 28.6 Å². The van der Waals surface area contributed by atoms with Gasteiger partial charge in [-0.15, -0.1) is 0 Å². The first-order valence-corrected chi connectivity index (χ1v) is 35.0. The van der Waals surface area contributed by atoms with Gasteiger partial charge in [0.05, 0.1) is 0 Å². The molecule has 83 heavy (non-hydrogen) atoms. The van der Waals surface area contributed by atoms with E-state index in [0.29, 0.717) is 19.3 Å². The van der Waals surface area contributed by atoms with Crippen LogP contribution in [0.3, 0.4) is 0 Å². The second-order valence-corrected chi connectivity index (χ2v) is 23.1. The summed E-state index contributed by atoms with van der Waals surface area (Å²) in [5, 5.41) is 0. The Labute approximate surface area is 513 Å². The van der Waals surface area contributed by atoms with Crippen LogP contribution in [0.25, 0.3) is 0 Å². The molecule has 1 atom stereocenters. The van der Waals surface area contributed by atoms with Gasteiger partial charge in [-0.25, -0.2) is 0 Å². The van der Waals surface area contributed by atoms with Gasteiger partial charge in [-0.2, -0.15) is 0 Å². The quantitative estimate of drug-likeness (QED) is 0.0261. The van der Waals surface area contributed by atoms with E-state index in [9.17, 15) is 14.4 Å². The number of carbonyl (C=O) groups is 3. The molecule has 0 saturated heterocycles. The number of hydrogen-bond acceptors (Lipinski definition) is 6. The van der Waals surface area contributed by atoms with Crippen molar-refractivity contribution in [3.8, 4) is 0 Å². The lowest BCUT2D eigenvalue weighted by molar-refractivity contribution is -0.167. The molecule has 0 N–H and O–H groups in total. The highest BCUT2D eigenvalue weighted by molar-refractivity contribution is 5.71. The van der Waals surface area contributed by atoms with Crippen LogP contribution in [0.1, 0.15) is 329 Å². The first-order valence-electron chi connectivity index (χ1n) is 35.0. The van der Waals surface area contributed by atoms with Gasteiger partial charge in [0.25, 0.3) is 0 Å². The van der Waals surface area contributed by atoms with Gasteiger partial charge in [-0.05, 0) is 128 Å². The first kappa shape index (κ1) is 78.8. The van der Waals surface area contributed by atoms with Gasteiger partial charge < -0.3 is 14.2 Å². The predicted molar refractivity (Wildman–Crippen MR) is 362 cm³/mol. The minimum Gasteiger partial charge on any atom is -0.462 e. The van der Waals surface area contributed by atoms with Crippen LogP contribution in [-0.4, -0.2) is 37.2 Å². The molecule has 0 spiro atoms. The normalized spacial score (nSPS) is 12.9. The van der Waals surface area contributed by atoms with Crippen LogP contribution in [0.2, 0.25) is 0 Å². The molecule has 0 fully saturated rings. The molecule has 0 aromatic heterocycles. The monoisotopic (exact) mass is 1150 g/mol. The second-order valence-electron chi connectivity index (χ2n) is 23.1. The number of ether oxygens (including phenoxy) is 3. The number of unbranched alkanes of at least 4 members (excludes halogenated alkanes) is 32. The third-order valence-electron chi connectivity index (χ3n) is 14.9. The average molecular weight is 1150 g/mol. The van der Waals surface area contributed by atoms with E-state index in [1.165, 1.54) is 186 Å². The third-order valence-corrected chi connectivity index (χ3v) is 14.9. The molecule has 0 aliphatic heterocycles. The molecule has 0 amide bonds. The van der Waals surface area contributed by atoms with Crippen molar-refractivity contribution in [2.45, 2.75) is 335 Å². The molecule has 0 saturated carbocycles. The van der Waals surface area contributed by atoms with Crippen LogP contribution in [-0.2, 0) is 28.6 Å². The summed E-state index contributed by atoms with van der Waals surface area (Å²) in [5.41, 5.74) is 0. The Hall–Kier alpha value is -4.19. The maximum absolute atomic E-state index is 13.0. The van der Waals surface area contributed by atoms with Crippen LogP contribution >= 0.6 is 0 Å². The number of esters is 3. The van der Waals surface area contributed by atoms with Crippen molar-refractivity contribution in [1.82, 2.24) is 0 Å². The van der Waals surface area contributed by atoms with Crippen LogP contribution in [0.15, 0.2) is 122 Å². The van der Waals surface area contributed by atoms with E-state index in [0.717, 1.165) is 96.3 Å². The van der Waals surface area contributed by atoms with Crippen LogP contribution in [0, 0.1) is 0 Å². The topological polar surface area (TPSA) is 78.9 Å². The van der Waals surface area contributed by atoms with Gasteiger partial charge in [0.1, 0.15) is 13.2 Å². The zero-order valence-corrected chi connectivity index (χ0v) is 54.4. The van der Waals surface area contributed by atoms with Gasteiger partial charge in [0.2, 0.25) is 0 Å². The number of allylic oxidation sites excluding steroid dienone is 20. The van der Waals surface area contributed by atoms with Crippen molar-refractivity contribution >= 4 is 17.9 Å². The summed E-state index contributed by atoms with van der Waals surface area (Å²) >= 11 is 0. The Morgan fingerprint density at radius 2 is 0.482 bits per heavy atom. The first-order chi connectivity index (χ1) is 41.0. The summed E-state index contributed by atoms with van der Waals surface area (Å²) < 4.78 is 16.9. The summed E-state index contributed by atoms with van der Waals surface area (Å²) in [6.45, 7) is 6.50. The maximum Gasteiger partial charge on any atom is 0.306 e. The zero-order chi connectivity index (χ0) is 59.9. The van der Waals surface area contributed by atoms with Gasteiger partial charge in [0.15, 0.2) is 6.10 Å². The van der Waals surface area contributed by atoms with E-state index < -0.39 is 6.10 Å². The van der Waals surface area contributed by atoms with Crippen molar-refractivity contribution in [3.05, 3.63) is 122 Å². The van der Waals surface area contributed by atoms with Crippen molar-refractivity contribution in [3.63, 3.8) is 0 Å². The molecule has 0 aromatic rings.